The highest BCUT2D eigenvalue weighted by molar-refractivity contribution is 7.99. The fourth-order valence-corrected chi connectivity index (χ4v) is 3.24. The molecule has 1 aromatic carbocycles. The van der Waals surface area contributed by atoms with Gasteiger partial charge in [0.2, 0.25) is 11.8 Å². The first-order valence-corrected chi connectivity index (χ1v) is 8.17. The molecule has 6 heteroatoms. The highest BCUT2D eigenvalue weighted by Gasteiger charge is 2.21. The third-order valence-corrected chi connectivity index (χ3v) is 4.49. The van der Waals surface area contributed by atoms with Crippen LogP contribution in [0.3, 0.4) is 0 Å². The van der Waals surface area contributed by atoms with E-state index in [1.54, 1.807) is 0 Å². The molecule has 1 aliphatic rings. The van der Waals surface area contributed by atoms with Crippen LogP contribution in [0.4, 0.5) is 5.69 Å². The molecule has 1 aliphatic heterocycles. The summed E-state index contributed by atoms with van der Waals surface area (Å²) in [5.74, 6) is 0.401. The van der Waals surface area contributed by atoms with Crippen molar-refractivity contribution in [1.82, 2.24) is 5.32 Å². The first kappa shape index (κ1) is 15.9. The van der Waals surface area contributed by atoms with Crippen LogP contribution in [0.25, 0.3) is 0 Å². The van der Waals surface area contributed by atoms with Crippen molar-refractivity contribution in [2.45, 2.75) is 24.2 Å². The number of thioether (sulfide) groups is 1. The van der Waals surface area contributed by atoms with E-state index in [9.17, 15) is 9.59 Å². The van der Waals surface area contributed by atoms with Gasteiger partial charge < -0.3 is 16.4 Å². The summed E-state index contributed by atoms with van der Waals surface area (Å²) < 4.78 is 0. The van der Waals surface area contributed by atoms with Gasteiger partial charge in [0.25, 0.3) is 0 Å². The van der Waals surface area contributed by atoms with E-state index in [-0.39, 0.29) is 17.7 Å². The highest BCUT2D eigenvalue weighted by atomic mass is 32.2. The number of carbonyl (C=O) groups excluding carboxylic acids is 2. The lowest BCUT2D eigenvalue weighted by atomic mass is 9.99. The second kappa shape index (κ2) is 8.05. The number of benzene rings is 1. The molecule has 1 heterocycles. The van der Waals surface area contributed by atoms with Crippen molar-refractivity contribution < 1.29 is 9.59 Å². The van der Waals surface area contributed by atoms with Crippen molar-refractivity contribution in [3.05, 3.63) is 24.3 Å². The summed E-state index contributed by atoms with van der Waals surface area (Å²) in [4.78, 5) is 24.0. The van der Waals surface area contributed by atoms with Gasteiger partial charge in [0.15, 0.2) is 0 Å². The lowest BCUT2D eigenvalue weighted by molar-refractivity contribution is -0.120. The zero-order chi connectivity index (χ0) is 15.1. The number of anilines is 1. The fourth-order valence-electron chi connectivity index (χ4n) is 2.27. The number of hydrogen-bond acceptors (Lipinski definition) is 4. The second-order valence-corrected chi connectivity index (χ2v) is 6.23. The number of piperidine rings is 1. The Morgan fingerprint density at radius 2 is 2.19 bits per heavy atom. The molecule has 0 spiro atoms. The summed E-state index contributed by atoms with van der Waals surface area (Å²) in [5, 5.41) is 6.25. The molecule has 1 fully saturated rings. The van der Waals surface area contributed by atoms with Crippen molar-refractivity contribution in [2.24, 2.45) is 11.7 Å². The second-order valence-electron chi connectivity index (χ2n) is 5.09. The molecule has 2 amide bonds. The fraction of sp³-hybridized carbons (Fsp3) is 0.467. The monoisotopic (exact) mass is 307 g/mol. The Bertz CT molecular complexity index is 501. The number of carbonyl (C=O) groups is 2. The number of hydrogen-bond donors (Lipinski definition) is 3. The zero-order valence-corrected chi connectivity index (χ0v) is 12.7. The molecular weight excluding hydrogens is 286 g/mol. The highest BCUT2D eigenvalue weighted by Crippen LogP contribution is 2.28. The molecule has 1 atom stereocenters. The van der Waals surface area contributed by atoms with Crippen LogP contribution < -0.4 is 16.4 Å². The first-order valence-electron chi connectivity index (χ1n) is 7.18. The van der Waals surface area contributed by atoms with E-state index >= 15 is 0 Å². The molecule has 114 valence electrons. The maximum absolute atomic E-state index is 12.3. The normalized spacial score (nSPS) is 18.2. The third kappa shape index (κ3) is 5.06. The van der Waals surface area contributed by atoms with Crippen molar-refractivity contribution in [3.8, 4) is 0 Å². The van der Waals surface area contributed by atoms with E-state index in [1.165, 1.54) is 11.8 Å². The van der Waals surface area contributed by atoms with Crippen LogP contribution in [0.15, 0.2) is 29.2 Å². The number of amides is 2. The molecular formula is C15H21N3O2S. The van der Waals surface area contributed by atoms with Crippen molar-refractivity contribution >= 4 is 29.3 Å². The molecule has 0 bridgehead atoms. The Kier molecular flexibility index (Phi) is 6.07. The van der Waals surface area contributed by atoms with Crippen LogP contribution in [0.2, 0.25) is 0 Å². The van der Waals surface area contributed by atoms with Crippen LogP contribution in [0.1, 0.15) is 19.3 Å². The molecule has 0 saturated carbocycles. The molecule has 21 heavy (non-hydrogen) atoms. The lowest BCUT2D eigenvalue weighted by Gasteiger charge is -2.22. The molecule has 0 radical (unpaired) electrons. The van der Waals surface area contributed by atoms with Gasteiger partial charge in [-0.25, -0.2) is 0 Å². The molecule has 0 aromatic heterocycles. The Balaban J connectivity index is 1.95. The third-order valence-electron chi connectivity index (χ3n) is 3.42. The summed E-state index contributed by atoms with van der Waals surface area (Å²) in [6, 6.07) is 7.65. The average molecular weight is 307 g/mol. The Morgan fingerprint density at radius 1 is 1.38 bits per heavy atom. The maximum Gasteiger partial charge on any atom is 0.228 e. The smallest absolute Gasteiger partial charge is 0.228 e. The van der Waals surface area contributed by atoms with E-state index in [1.807, 2.05) is 24.3 Å². The number of nitrogens with one attached hydrogen (secondary N) is 2. The number of nitrogens with two attached hydrogens (primary N) is 1. The zero-order valence-electron chi connectivity index (χ0n) is 11.9. The van der Waals surface area contributed by atoms with Crippen LogP contribution in [-0.2, 0) is 9.59 Å². The van der Waals surface area contributed by atoms with Gasteiger partial charge in [-0.15, -0.1) is 11.8 Å². The molecule has 4 N–H and O–H groups in total. The van der Waals surface area contributed by atoms with E-state index < -0.39 is 0 Å². The van der Waals surface area contributed by atoms with Gasteiger partial charge in [-0.05, 0) is 31.5 Å². The van der Waals surface area contributed by atoms with E-state index in [0.717, 1.165) is 36.5 Å². The Hall–Kier alpha value is -1.53. The van der Waals surface area contributed by atoms with Gasteiger partial charge in [0.05, 0.1) is 11.6 Å². The summed E-state index contributed by atoms with van der Waals surface area (Å²) in [7, 11) is 0. The molecule has 2 rings (SSSR count). The molecule has 1 saturated heterocycles. The molecule has 1 aromatic rings. The molecule has 5 nitrogen and oxygen atoms in total. The minimum Gasteiger partial charge on any atom is -0.370 e. The number of para-hydroxylation sites is 1. The van der Waals surface area contributed by atoms with Gasteiger partial charge in [0, 0.05) is 23.6 Å². The average Bonchev–Trinajstić information content (AvgIpc) is 2.49. The topological polar surface area (TPSA) is 84.2 Å². The SMILES string of the molecule is NC(=O)CCSc1ccccc1NC(=O)C1CCCNC1. The van der Waals surface area contributed by atoms with Crippen LogP contribution >= 0.6 is 11.8 Å². The van der Waals surface area contributed by atoms with Gasteiger partial charge in [-0.3, -0.25) is 9.59 Å². The van der Waals surface area contributed by atoms with Gasteiger partial charge in [0.1, 0.15) is 0 Å². The van der Waals surface area contributed by atoms with E-state index in [2.05, 4.69) is 10.6 Å². The number of primary amides is 1. The van der Waals surface area contributed by atoms with E-state index in [4.69, 9.17) is 5.73 Å². The number of rotatable bonds is 6. The largest absolute Gasteiger partial charge is 0.370 e. The minimum atomic E-state index is -0.308. The quantitative estimate of drug-likeness (QED) is 0.697. The maximum atomic E-state index is 12.3. The van der Waals surface area contributed by atoms with Crippen molar-refractivity contribution in [2.75, 3.05) is 24.2 Å². The minimum absolute atomic E-state index is 0.0300. The molecule has 1 unspecified atom stereocenters. The standard InChI is InChI=1S/C15H21N3O2S/c16-14(19)7-9-21-13-6-2-1-5-12(13)18-15(20)11-4-3-8-17-10-11/h1-2,5-6,11,17H,3-4,7-10H2,(H2,16,19)(H,18,20). The van der Waals surface area contributed by atoms with Crippen molar-refractivity contribution in [3.63, 3.8) is 0 Å². The van der Waals surface area contributed by atoms with Gasteiger partial charge in [-0.1, -0.05) is 12.1 Å². The van der Waals surface area contributed by atoms with Crippen LogP contribution in [-0.4, -0.2) is 30.7 Å². The van der Waals surface area contributed by atoms with Gasteiger partial charge in [-0.2, -0.15) is 0 Å². The van der Waals surface area contributed by atoms with Crippen LogP contribution in [0, 0.1) is 5.92 Å². The summed E-state index contributed by atoms with van der Waals surface area (Å²) in [6.07, 6.45) is 2.29. The first-order chi connectivity index (χ1) is 10.2. The summed E-state index contributed by atoms with van der Waals surface area (Å²) >= 11 is 1.53. The predicted molar refractivity (Wildman–Crippen MR) is 85.2 cm³/mol. The van der Waals surface area contributed by atoms with Crippen LogP contribution in [0.5, 0.6) is 0 Å². The predicted octanol–water partition coefficient (Wildman–Crippen LogP) is 1.59. The van der Waals surface area contributed by atoms with Gasteiger partial charge >= 0.3 is 0 Å². The van der Waals surface area contributed by atoms with E-state index in [0.29, 0.717) is 12.2 Å². The summed E-state index contributed by atoms with van der Waals surface area (Å²) in [5.41, 5.74) is 5.95. The Morgan fingerprint density at radius 3 is 2.90 bits per heavy atom. The Labute approximate surface area is 129 Å². The molecule has 0 aliphatic carbocycles. The summed E-state index contributed by atoms with van der Waals surface area (Å²) in [6.45, 7) is 1.73. The van der Waals surface area contributed by atoms with Crippen molar-refractivity contribution in [1.29, 1.82) is 0 Å². The lowest BCUT2D eigenvalue weighted by Crippen LogP contribution is -2.37.